The summed E-state index contributed by atoms with van der Waals surface area (Å²) in [6, 6.07) is 18.0. The average Bonchev–Trinajstić information content (AvgIpc) is 3.07. The van der Waals surface area contributed by atoms with Crippen LogP contribution < -0.4 is 9.47 Å². The number of aliphatic hydroxyl groups excluding tert-OH is 1. The van der Waals surface area contributed by atoms with Crippen molar-refractivity contribution < 1.29 is 45.7 Å². The molecule has 0 bridgehead atoms. The molecule has 2 aliphatic carbocycles. The normalized spacial score (nSPS) is 22.1. The van der Waals surface area contributed by atoms with Crippen molar-refractivity contribution in [2.24, 2.45) is 11.8 Å². The van der Waals surface area contributed by atoms with Gasteiger partial charge in [-0.25, -0.2) is 0 Å². The van der Waals surface area contributed by atoms with Gasteiger partial charge in [-0.2, -0.15) is 26.3 Å². The molecule has 0 aromatic heterocycles. The molecule has 4 nitrogen and oxygen atoms in total. The quantitative estimate of drug-likeness (QED) is 0.158. The second-order valence-corrected chi connectivity index (χ2v) is 13.9. The van der Waals surface area contributed by atoms with Gasteiger partial charge in [0.15, 0.2) is 5.78 Å². The second kappa shape index (κ2) is 15.6. The number of hydrogen-bond donors (Lipinski definition) is 1. The Kier molecular flexibility index (Phi) is 11.8. The van der Waals surface area contributed by atoms with Gasteiger partial charge in [0.1, 0.15) is 11.5 Å². The predicted molar refractivity (Wildman–Crippen MR) is 183 cm³/mol. The Hall–Kier alpha value is -3.21. The van der Waals surface area contributed by atoms with E-state index in [-0.39, 0.29) is 43.7 Å². The van der Waals surface area contributed by atoms with Crippen molar-refractivity contribution in [2.75, 3.05) is 0 Å². The van der Waals surface area contributed by atoms with Gasteiger partial charge in [0, 0.05) is 16.3 Å². The third-order valence-corrected chi connectivity index (χ3v) is 10.4. The lowest BCUT2D eigenvalue weighted by atomic mass is 9.87. The van der Waals surface area contributed by atoms with Crippen LogP contribution in [-0.2, 0) is 0 Å². The summed E-state index contributed by atoms with van der Waals surface area (Å²) in [5, 5.41) is 13.8. The first-order chi connectivity index (χ1) is 23.5. The SMILES string of the molecule is CC(=O)c1ccc2ccc(OC3CCC(C(F)(F)F)CC3)c(Cl)c2c1.CC(O)c1ccc2ccc(OC3CCC(C(F)(F)F)CC3)c(Cl)c2c1. The summed E-state index contributed by atoms with van der Waals surface area (Å²) in [5.74, 6) is -1.60. The zero-order chi connectivity index (χ0) is 36.4. The highest BCUT2D eigenvalue weighted by Crippen LogP contribution is 2.42. The van der Waals surface area contributed by atoms with Crippen LogP contribution in [-0.4, -0.2) is 35.5 Å². The van der Waals surface area contributed by atoms with E-state index in [1.807, 2.05) is 36.4 Å². The van der Waals surface area contributed by atoms with Crippen LogP contribution in [0, 0.1) is 11.8 Å². The molecule has 1 atom stereocenters. The molecule has 1 N–H and O–H groups in total. The Balaban J connectivity index is 0.000000194. The van der Waals surface area contributed by atoms with E-state index in [2.05, 4.69) is 0 Å². The maximum atomic E-state index is 12.8. The summed E-state index contributed by atoms with van der Waals surface area (Å²) in [7, 11) is 0. The largest absolute Gasteiger partial charge is 0.489 e. The molecule has 2 fully saturated rings. The number of rotatable bonds is 6. The highest BCUT2D eigenvalue weighted by Gasteiger charge is 2.43. The monoisotopic (exact) mass is 742 g/mol. The fraction of sp³-hybridized carbons (Fsp3) is 0.447. The van der Waals surface area contributed by atoms with Gasteiger partial charge in [-0.3, -0.25) is 4.79 Å². The van der Waals surface area contributed by atoms with Crippen molar-refractivity contribution in [2.45, 2.75) is 95.9 Å². The molecule has 0 radical (unpaired) electrons. The summed E-state index contributed by atoms with van der Waals surface area (Å²) in [5.41, 5.74) is 1.30. The Labute approximate surface area is 296 Å². The molecule has 270 valence electrons. The fourth-order valence-electron chi connectivity index (χ4n) is 6.58. The topological polar surface area (TPSA) is 55.8 Å². The molecule has 0 heterocycles. The van der Waals surface area contributed by atoms with E-state index in [9.17, 15) is 36.2 Å². The number of carbonyl (C=O) groups excluding carboxylic acids is 1. The molecule has 0 aliphatic heterocycles. The molecule has 12 heteroatoms. The highest BCUT2D eigenvalue weighted by molar-refractivity contribution is 6.37. The van der Waals surface area contributed by atoms with Crippen molar-refractivity contribution >= 4 is 50.5 Å². The van der Waals surface area contributed by atoms with E-state index in [4.69, 9.17) is 32.7 Å². The first-order valence-corrected chi connectivity index (χ1v) is 17.4. The molecule has 1 unspecified atom stereocenters. The van der Waals surface area contributed by atoms with Gasteiger partial charge in [-0.1, -0.05) is 59.6 Å². The summed E-state index contributed by atoms with van der Waals surface area (Å²) in [6.45, 7) is 3.16. The van der Waals surface area contributed by atoms with E-state index < -0.39 is 30.3 Å². The maximum Gasteiger partial charge on any atom is 0.391 e. The molecule has 0 saturated heterocycles. The number of fused-ring (bicyclic) bond motifs is 2. The molecule has 2 saturated carbocycles. The Bertz CT molecular complexity index is 1810. The van der Waals surface area contributed by atoms with Gasteiger partial charge < -0.3 is 14.6 Å². The van der Waals surface area contributed by atoms with Crippen molar-refractivity contribution in [1.29, 1.82) is 0 Å². The van der Waals surface area contributed by atoms with E-state index in [0.29, 0.717) is 58.2 Å². The minimum atomic E-state index is -4.13. The van der Waals surface area contributed by atoms with Crippen LogP contribution in [0.4, 0.5) is 26.3 Å². The zero-order valence-corrected chi connectivity index (χ0v) is 29.0. The van der Waals surface area contributed by atoms with Gasteiger partial charge in [0.2, 0.25) is 0 Å². The minimum Gasteiger partial charge on any atom is -0.489 e. The van der Waals surface area contributed by atoms with Crippen molar-refractivity contribution in [3.05, 3.63) is 81.8 Å². The Morgan fingerprint density at radius 2 is 1.08 bits per heavy atom. The van der Waals surface area contributed by atoms with Crippen LogP contribution in [0.5, 0.6) is 11.5 Å². The van der Waals surface area contributed by atoms with E-state index >= 15 is 0 Å². The average molecular weight is 744 g/mol. The number of ketones is 1. The smallest absolute Gasteiger partial charge is 0.391 e. The first kappa shape index (κ1) is 38.0. The van der Waals surface area contributed by atoms with Gasteiger partial charge in [0.25, 0.3) is 0 Å². The van der Waals surface area contributed by atoms with E-state index in [1.165, 1.54) is 6.92 Å². The minimum absolute atomic E-state index is 0.0604. The van der Waals surface area contributed by atoms with E-state index in [1.54, 1.807) is 31.2 Å². The number of aliphatic hydroxyl groups is 1. The van der Waals surface area contributed by atoms with Crippen LogP contribution in [0.1, 0.15) is 87.2 Å². The van der Waals surface area contributed by atoms with Gasteiger partial charge in [-0.15, -0.1) is 0 Å². The van der Waals surface area contributed by atoms with Crippen molar-refractivity contribution in [3.8, 4) is 11.5 Å². The molecule has 0 amide bonds. The molecule has 50 heavy (non-hydrogen) atoms. The lowest BCUT2D eigenvalue weighted by Crippen LogP contribution is -2.31. The summed E-state index contributed by atoms with van der Waals surface area (Å²) >= 11 is 12.9. The van der Waals surface area contributed by atoms with Crippen LogP contribution in [0.25, 0.3) is 21.5 Å². The lowest BCUT2D eigenvalue weighted by molar-refractivity contribution is -0.186. The number of hydrogen-bond acceptors (Lipinski definition) is 4. The van der Waals surface area contributed by atoms with Crippen molar-refractivity contribution in [1.82, 2.24) is 0 Å². The Morgan fingerprint density at radius 3 is 1.48 bits per heavy atom. The third kappa shape index (κ3) is 9.17. The van der Waals surface area contributed by atoms with Crippen LogP contribution in [0.2, 0.25) is 10.0 Å². The van der Waals surface area contributed by atoms with Gasteiger partial charge in [-0.05, 0) is 106 Å². The highest BCUT2D eigenvalue weighted by atomic mass is 35.5. The summed E-state index contributed by atoms with van der Waals surface area (Å²) in [4.78, 5) is 11.5. The van der Waals surface area contributed by atoms with Crippen molar-refractivity contribution in [3.63, 3.8) is 0 Å². The van der Waals surface area contributed by atoms with Crippen LogP contribution in [0.3, 0.4) is 0 Å². The molecule has 2 aliphatic rings. The maximum absolute atomic E-state index is 12.8. The summed E-state index contributed by atoms with van der Waals surface area (Å²) in [6.07, 6.45) is -7.62. The van der Waals surface area contributed by atoms with Gasteiger partial charge >= 0.3 is 12.4 Å². The molecular formula is C38H38Cl2F6O4. The van der Waals surface area contributed by atoms with Gasteiger partial charge in [0.05, 0.1) is 40.2 Å². The first-order valence-electron chi connectivity index (χ1n) is 16.6. The molecular weight excluding hydrogens is 705 g/mol. The molecule has 6 rings (SSSR count). The molecule has 4 aromatic carbocycles. The number of benzene rings is 4. The number of carbonyl (C=O) groups is 1. The number of alkyl halides is 6. The Morgan fingerprint density at radius 1 is 0.680 bits per heavy atom. The van der Waals surface area contributed by atoms with Crippen LogP contribution >= 0.6 is 23.2 Å². The van der Waals surface area contributed by atoms with Crippen LogP contribution in [0.15, 0.2) is 60.7 Å². The standard InChI is InChI=1S/C19H20ClF3O2.C19H18ClF3O2/c2*1-11(24)13-3-2-12-4-9-17(18(20)16(12)10-13)25-15-7-5-14(6-8-15)19(21,22)23/h2-4,9-11,14-15,24H,5-8H2,1H3;2-4,9-10,14-15H,5-8H2,1H3. The van der Waals surface area contributed by atoms with E-state index in [0.717, 1.165) is 21.7 Å². The number of halogens is 8. The second-order valence-electron chi connectivity index (χ2n) is 13.2. The summed E-state index contributed by atoms with van der Waals surface area (Å²) < 4.78 is 88.3. The third-order valence-electron chi connectivity index (χ3n) is 9.62. The predicted octanol–water partition coefficient (Wildman–Crippen LogP) is 12.2. The molecule has 0 spiro atoms. The lowest BCUT2D eigenvalue weighted by Gasteiger charge is -2.30. The fourth-order valence-corrected chi connectivity index (χ4v) is 7.12. The number of Topliss-reactive ketones (excluding diaryl/α,β-unsaturated/α-hetero) is 1. The zero-order valence-electron chi connectivity index (χ0n) is 27.5. The molecule has 4 aromatic rings. The number of ether oxygens (including phenoxy) is 2.